The lowest BCUT2D eigenvalue weighted by Crippen LogP contribution is -2.45. The number of piperazine rings is 1. The van der Waals surface area contributed by atoms with E-state index in [1.807, 2.05) is 30.3 Å². The smallest absolute Gasteiger partial charge is 0.253 e. The van der Waals surface area contributed by atoms with Gasteiger partial charge in [-0.15, -0.1) is 0 Å². The van der Waals surface area contributed by atoms with Crippen LogP contribution in [0.4, 0.5) is 11.4 Å². The molecule has 0 aromatic heterocycles. The van der Waals surface area contributed by atoms with E-state index < -0.39 is 6.04 Å². The van der Waals surface area contributed by atoms with Gasteiger partial charge >= 0.3 is 0 Å². The second kappa shape index (κ2) is 11.2. The first-order valence-electron chi connectivity index (χ1n) is 11.5. The van der Waals surface area contributed by atoms with Crippen molar-refractivity contribution in [3.8, 4) is 0 Å². The minimum Gasteiger partial charge on any atom is -0.369 e. The van der Waals surface area contributed by atoms with Crippen molar-refractivity contribution >= 4 is 34.8 Å². The van der Waals surface area contributed by atoms with Crippen molar-refractivity contribution in [2.45, 2.75) is 19.5 Å². The van der Waals surface area contributed by atoms with E-state index in [1.54, 1.807) is 31.2 Å². The molecule has 0 radical (unpaired) electrons. The number of rotatable bonds is 7. The summed E-state index contributed by atoms with van der Waals surface area (Å²) in [5, 5.41) is 5.91. The molecule has 1 atom stereocenters. The molecule has 3 aromatic carbocycles. The van der Waals surface area contributed by atoms with E-state index in [0.717, 1.165) is 38.4 Å². The van der Waals surface area contributed by atoms with Gasteiger partial charge in [-0.2, -0.15) is 0 Å². The van der Waals surface area contributed by atoms with Crippen molar-refractivity contribution in [1.29, 1.82) is 0 Å². The van der Waals surface area contributed by atoms with E-state index in [4.69, 9.17) is 11.6 Å². The van der Waals surface area contributed by atoms with Crippen LogP contribution in [0.2, 0.25) is 5.02 Å². The summed E-state index contributed by atoms with van der Waals surface area (Å²) >= 11 is 6.07. The van der Waals surface area contributed by atoms with Crippen molar-refractivity contribution in [3.63, 3.8) is 0 Å². The minimum absolute atomic E-state index is 0.289. The average Bonchev–Trinajstić information content (AvgIpc) is 2.86. The summed E-state index contributed by atoms with van der Waals surface area (Å²) in [4.78, 5) is 29.8. The Balaban J connectivity index is 1.26. The largest absolute Gasteiger partial charge is 0.369 e. The molecular weight excluding hydrogens is 448 g/mol. The molecule has 1 aliphatic heterocycles. The molecule has 2 N–H and O–H groups in total. The van der Waals surface area contributed by atoms with E-state index in [-0.39, 0.29) is 11.8 Å². The molecule has 6 nitrogen and oxygen atoms in total. The monoisotopic (exact) mass is 476 g/mol. The molecule has 0 unspecified atom stereocenters. The Morgan fingerprint density at radius 1 is 0.882 bits per heavy atom. The van der Waals surface area contributed by atoms with Crippen molar-refractivity contribution in [1.82, 2.24) is 10.2 Å². The highest BCUT2D eigenvalue weighted by atomic mass is 35.5. The fourth-order valence-corrected chi connectivity index (χ4v) is 4.22. The number of hydrogen-bond acceptors (Lipinski definition) is 4. The summed E-state index contributed by atoms with van der Waals surface area (Å²) in [6, 6.07) is 24.4. The lowest BCUT2D eigenvalue weighted by Gasteiger charge is -2.36. The lowest BCUT2D eigenvalue weighted by atomic mass is 10.2. The normalized spacial score (nSPS) is 14.9. The quantitative estimate of drug-likeness (QED) is 0.530. The Morgan fingerprint density at radius 3 is 2.21 bits per heavy atom. The molecule has 0 spiro atoms. The molecule has 1 saturated heterocycles. The number of nitrogens with zero attached hydrogens (tertiary/aromatic N) is 2. The molecule has 0 saturated carbocycles. The molecule has 2 amide bonds. The molecule has 1 aliphatic rings. The summed E-state index contributed by atoms with van der Waals surface area (Å²) in [6.45, 7) is 6.57. The third kappa shape index (κ3) is 6.16. The Morgan fingerprint density at radius 2 is 1.53 bits per heavy atom. The van der Waals surface area contributed by atoms with Gasteiger partial charge in [0.2, 0.25) is 5.91 Å². The van der Waals surface area contributed by atoms with Crippen molar-refractivity contribution < 1.29 is 9.59 Å². The zero-order valence-corrected chi connectivity index (χ0v) is 20.0. The number of hydrogen-bond donors (Lipinski definition) is 2. The number of carbonyl (C=O) groups excluding carboxylic acids is 2. The van der Waals surface area contributed by atoms with Crippen LogP contribution in [0.25, 0.3) is 0 Å². The van der Waals surface area contributed by atoms with Crippen LogP contribution in [-0.2, 0) is 11.3 Å². The van der Waals surface area contributed by atoms with Crippen LogP contribution >= 0.6 is 11.6 Å². The number of carbonyl (C=O) groups is 2. The van der Waals surface area contributed by atoms with E-state index in [2.05, 4.69) is 44.7 Å². The van der Waals surface area contributed by atoms with Crippen LogP contribution < -0.4 is 15.5 Å². The SMILES string of the molecule is C[C@@H](NC(=O)c1ccccc1Cl)C(=O)Nc1ccc(N2CCN(Cc3ccccc3)CC2)cc1. The van der Waals surface area contributed by atoms with Gasteiger partial charge in [-0.25, -0.2) is 0 Å². The number of nitrogens with one attached hydrogen (secondary N) is 2. The second-order valence-corrected chi connectivity index (χ2v) is 8.87. The van der Waals surface area contributed by atoms with Crippen molar-refractivity contribution in [2.75, 3.05) is 36.4 Å². The molecule has 34 heavy (non-hydrogen) atoms. The summed E-state index contributed by atoms with van der Waals surface area (Å²) in [5.74, 6) is -0.669. The first-order chi connectivity index (χ1) is 16.5. The van der Waals surface area contributed by atoms with Gasteiger partial charge in [0.1, 0.15) is 6.04 Å². The number of amides is 2. The van der Waals surface area contributed by atoms with Crippen molar-refractivity contribution in [2.24, 2.45) is 0 Å². The van der Waals surface area contributed by atoms with Gasteiger partial charge in [0, 0.05) is 44.1 Å². The van der Waals surface area contributed by atoms with E-state index >= 15 is 0 Å². The molecule has 176 valence electrons. The van der Waals surface area contributed by atoms with Gasteiger partial charge in [-0.3, -0.25) is 14.5 Å². The highest BCUT2D eigenvalue weighted by Crippen LogP contribution is 2.20. The maximum atomic E-state index is 12.6. The highest BCUT2D eigenvalue weighted by molar-refractivity contribution is 6.33. The summed E-state index contributed by atoms with van der Waals surface area (Å²) < 4.78 is 0. The summed E-state index contributed by atoms with van der Waals surface area (Å²) in [6.07, 6.45) is 0. The third-order valence-corrected chi connectivity index (χ3v) is 6.31. The zero-order chi connectivity index (χ0) is 23.9. The summed E-state index contributed by atoms with van der Waals surface area (Å²) in [5.41, 5.74) is 3.51. The molecule has 1 fully saturated rings. The van der Waals surface area contributed by atoms with Crippen LogP contribution in [0, 0.1) is 0 Å². The molecule has 3 aromatic rings. The molecule has 4 rings (SSSR count). The highest BCUT2D eigenvalue weighted by Gasteiger charge is 2.19. The van der Waals surface area contributed by atoms with Crippen LogP contribution in [0.3, 0.4) is 0 Å². The van der Waals surface area contributed by atoms with Gasteiger partial charge in [-0.1, -0.05) is 54.1 Å². The average molecular weight is 477 g/mol. The maximum Gasteiger partial charge on any atom is 0.253 e. The van der Waals surface area contributed by atoms with Gasteiger partial charge in [0.25, 0.3) is 5.91 Å². The number of halogens is 1. The number of benzene rings is 3. The molecule has 0 aliphatic carbocycles. The third-order valence-electron chi connectivity index (χ3n) is 5.98. The first kappa shape index (κ1) is 23.8. The standard InChI is InChI=1S/C27H29ClN4O2/c1-20(29-27(34)24-9-5-6-10-25(24)28)26(33)30-22-11-13-23(14-12-22)32-17-15-31(16-18-32)19-21-7-3-2-4-8-21/h2-14,20H,15-19H2,1H3,(H,29,34)(H,30,33)/t20-/m1/s1. The first-order valence-corrected chi connectivity index (χ1v) is 11.8. The van der Waals surface area contributed by atoms with Gasteiger partial charge < -0.3 is 15.5 Å². The zero-order valence-electron chi connectivity index (χ0n) is 19.2. The predicted molar refractivity (Wildman–Crippen MR) is 137 cm³/mol. The van der Waals surface area contributed by atoms with Gasteiger partial charge in [0.15, 0.2) is 0 Å². The Bertz CT molecular complexity index is 1110. The predicted octanol–water partition coefficient (Wildman–Crippen LogP) is 4.42. The Hall–Kier alpha value is -3.35. The summed E-state index contributed by atoms with van der Waals surface area (Å²) in [7, 11) is 0. The van der Waals surface area contributed by atoms with Crippen LogP contribution in [0.5, 0.6) is 0 Å². The molecular formula is C27H29ClN4O2. The molecule has 1 heterocycles. The van der Waals surface area contributed by atoms with Gasteiger partial charge in [0.05, 0.1) is 10.6 Å². The molecule has 0 bridgehead atoms. The fourth-order valence-electron chi connectivity index (χ4n) is 4.00. The second-order valence-electron chi connectivity index (χ2n) is 8.46. The van der Waals surface area contributed by atoms with E-state index in [1.165, 1.54) is 5.56 Å². The minimum atomic E-state index is -0.707. The maximum absolute atomic E-state index is 12.6. The van der Waals surface area contributed by atoms with Crippen LogP contribution in [-0.4, -0.2) is 48.9 Å². The van der Waals surface area contributed by atoms with Crippen molar-refractivity contribution in [3.05, 3.63) is 95.0 Å². The number of anilines is 2. The van der Waals surface area contributed by atoms with E-state index in [9.17, 15) is 9.59 Å². The van der Waals surface area contributed by atoms with E-state index in [0.29, 0.717) is 16.3 Å². The molecule has 7 heteroatoms. The topological polar surface area (TPSA) is 64.7 Å². The Kier molecular flexibility index (Phi) is 7.83. The lowest BCUT2D eigenvalue weighted by molar-refractivity contribution is -0.117. The van der Waals surface area contributed by atoms with Crippen LogP contribution in [0.15, 0.2) is 78.9 Å². The van der Waals surface area contributed by atoms with Gasteiger partial charge in [-0.05, 0) is 48.9 Å². The Labute approximate surface area is 205 Å². The van der Waals surface area contributed by atoms with Crippen LogP contribution in [0.1, 0.15) is 22.8 Å². The fraction of sp³-hybridized carbons (Fsp3) is 0.259.